The summed E-state index contributed by atoms with van der Waals surface area (Å²) >= 11 is 1.68. The van der Waals surface area contributed by atoms with E-state index in [0.29, 0.717) is 5.69 Å². The Morgan fingerprint density at radius 1 is 1.45 bits per heavy atom. The first-order valence-electron chi connectivity index (χ1n) is 7.01. The van der Waals surface area contributed by atoms with Crippen LogP contribution in [-0.4, -0.2) is 15.7 Å². The van der Waals surface area contributed by atoms with Crippen LogP contribution in [0.5, 0.6) is 0 Å². The van der Waals surface area contributed by atoms with Gasteiger partial charge in [0.1, 0.15) is 5.69 Å². The number of thiophene rings is 1. The van der Waals surface area contributed by atoms with Gasteiger partial charge in [0, 0.05) is 17.1 Å². The van der Waals surface area contributed by atoms with E-state index in [0.717, 1.165) is 12.8 Å². The summed E-state index contributed by atoms with van der Waals surface area (Å²) in [5, 5.41) is 9.38. The maximum atomic E-state index is 12.4. The minimum atomic E-state index is -0.0527. The zero-order valence-electron chi connectivity index (χ0n) is 12.2. The molecule has 0 aromatic carbocycles. The number of carbonyl (C=O) groups excluding carboxylic acids is 1. The minimum absolute atomic E-state index is 0.0527. The molecule has 0 fully saturated rings. The Hall–Kier alpha value is -1.62. The number of nitrogens with zero attached hydrogens (tertiary/aromatic N) is 2. The van der Waals surface area contributed by atoms with Gasteiger partial charge in [0.05, 0.1) is 6.04 Å². The largest absolute Gasteiger partial charge is 0.343 e. The van der Waals surface area contributed by atoms with E-state index in [4.69, 9.17) is 0 Å². The summed E-state index contributed by atoms with van der Waals surface area (Å²) in [6.45, 7) is 6.17. The number of amides is 1. The first kappa shape index (κ1) is 14.8. The average Bonchev–Trinajstić information content (AvgIpc) is 3.09. The second-order valence-corrected chi connectivity index (χ2v) is 6.06. The van der Waals surface area contributed by atoms with E-state index in [2.05, 4.69) is 23.4 Å². The van der Waals surface area contributed by atoms with Crippen molar-refractivity contribution in [1.82, 2.24) is 15.1 Å². The zero-order valence-corrected chi connectivity index (χ0v) is 13.0. The number of carbonyl (C=O) groups is 1. The first-order chi connectivity index (χ1) is 9.63. The van der Waals surface area contributed by atoms with Gasteiger partial charge in [0.2, 0.25) is 0 Å². The first-order valence-corrected chi connectivity index (χ1v) is 7.89. The lowest BCUT2D eigenvalue weighted by Gasteiger charge is -2.18. The summed E-state index contributed by atoms with van der Waals surface area (Å²) < 4.78 is 1.76. The van der Waals surface area contributed by atoms with E-state index in [-0.39, 0.29) is 18.0 Å². The van der Waals surface area contributed by atoms with Crippen molar-refractivity contribution in [2.45, 2.75) is 45.7 Å². The molecule has 108 valence electrons. The summed E-state index contributed by atoms with van der Waals surface area (Å²) in [5.41, 5.74) is 0.623. The summed E-state index contributed by atoms with van der Waals surface area (Å²) in [7, 11) is 0. The SMILES string of the molecule is CCC[C@H](NC(=O)c1ccnn1C(C)C)c1cccs1. The van der Waals surface area contributed by atoms with Crippen LogP contribution in [0.4, 0.5) is 0 Å². The molecule has 0 aliphatic rings. The average molecular weight is 291 g/mol. The quantitative estimate of drug-likeness (QED) is 0.880. The molecule has 0 saturated heterocycles. The smallest absolute Gasteiger partial charge is 0.270 e. The number of rotatable bonds is 6. The van der Waals surface area contributed by atoms with Crippen molar-refractivity contribution in [1.29, 1.82) is 0 Å². The second-order valence-electron chi connectivity index (χ2n) is 5.08. The van der Waals surface area contributed by atoms with Crippen LogP contribution in [-0.2, 0) is 0 Å². The summed E-state index contributed by atoms with van der Waals surface area (Å²) in [5.74, 6) is -0.0527. The molecule has 0 spiro atoms. The van der Waals surface area contributed by atoms with E-state index < -0.39 is 0 Å². The Balaban J connectivity index is 2.14. The van der Waals surface area contributed by atoms with Crippen molar-refractivity contribution >= 4 is 17.2 Å². The summed E-state index contributed by atoms with van der Waals surface area (Å²) in [4.78, 5) is 13.6. The lowest BCUT2D eigenvalue weighted by molar-refractivity contribution is 0.0922. The van der Waals surface area contributed by atoms with Crippen LogP contribution in [0.1, 0.15) is 61.1 Å². The van der Waals surface area contributed by atoms with Gasteiger partial charge in [-0.15, -0.1) is 11.3 Å². The minimum Gasteiger partial charge on any atom is -0.343 e. The Morgan fingerprint density at radius 2 is 2.25 bits per heavy atom. The molecule has 1 amide bonds. The van der Waals surface area contributed by atoms with Crippen molar-refractivity contribution in [2.75, 3.05) is 0 Å². The van der Waals surface area contributed by atoms with Gasteiger partial charge in [-0.3, -0.25) is 9.48 Å². The third-order valence-corrected chi connectivity index (χ3v) is 4.15. The molecule has 0 saturated carbocycles. The highest BCUT2D eigenvalue weighted by Crippen LogP contribution is 2.23. The Morgan fingerprint density at radius 3 is 2.85 bits per heavy atom. The van der Waals surface area contributed by atoms with E-state index in [1.807, 2.05) is 25.3 Å². The van der Waals surface area contributed by atoms with E-state index in [9.17, 15) is 4.79 Å². The van der Waals surface area contributed by atoms with Crippen LogP contribution < -0.4 is 5.32 Å². The molecule has 0 bridgehead atoms. The Labute approximate surface area is 123 Å². The van der Waals surface area contributed by atoms with Gasteiger partial charge >= 0.3 is 0 Å². The van der Waals surface area contributed by atoms with Crippen molar-refractivity contribution in [3.63, 3.8) is 0 Å². The highest BCUT2D eigenvalue weighted by atomic mass is 32.1. The fourth-order valence-electron chi connectivity index (χ4n) is 2.20. The molecule has 0 unspecified atom stereocenters. The maximum Gasteiger partial charge on any atom is 0.270 e. The fourth-order valence-corrected chi connectivity index (χ4v) is 3.01. The van der Waals surface area contributed by atoms with Gasteiger partial charge in [-0.1, -0.05) is 19.4 Å². The summed E-state index contributed by atoms with van der Waals surface area (Å²) in [6.07, 6.45) is 3.66. The predicted octanol–water partition coefficient (Wildman–Crippen LogP) is 3.80. The number of hydrogen-bond acceptors (Lipinski definition) is 3. The van der Waals surface area contributed by atoms with E-state index in [1.165, 1.54) is 4.88 Å². The van der Waals surface area contributed by atoms with Gasteiger partial charge in [-0.05, 0) is 37.8 Å². The molecule has 4 nitrogen and oxygen atoms in total. The maximum absolute atomic E-state index is 12.4. The van der Waals surface area contributed by atoms with Gasteiger partial charge in [0.15, 0.2) is 0 Å². The number of aromatic nitrogens is 2. The predicted molar refractivity (Wildman–Crippen MR) is 82.0 cm³/mol. The van der Waals surface area contributed by atoms with Crippen LogP contribution in [0.3, 0.4) is 0 Å². The zero-order chi connectivity index (χ0) is 14.5. The molecule has 2 aromatic rings. The highest BCUT2D eigenvalue weighted by molar-refractivity contribution is 7.10. The van der Waals surface area contributed by atoms with Crippen molar-refractivity contribution in [3.05, 3.63) is 40.3 Å². The van der Waals surface area contributed by atoms with E-state index in [1.54, 1.807) is 28.3 Å². The third-order valence-electron chi connectivity index (χ3n) is 3.16. The topological polar surface area (TPSA) is 46.9 Å². The molecular formula is C15H21N3OS. The van der Waals surface area contributed by atoms with Crippen LogP contribution in [0.25, 0.3) is 0 Å². The molecule has 0 radical (unpaired) electrons. The van der Waals surface area contributed by atoms with Crippen LogP contribution >= 0.6 is 11.3 Å². The van der Waals surface area contributed by atoms with E-state index >= 15 is 0 Å². The van der Waals surface area contributed by atoms with Gasteiger partial charge < -0.3 is 5.32 Å². The van der Waals surface area contributed by atoms with Crippen LogP contribution in [0.15, 0.2) is 29.8 Å². The normalized spacial score (nSPS) is 12.6. The lowest BCUT2D eigenvalue weighted by atomic mass is 10.1. The van der Waals surface area contributed by atoms with Crippen LogP contribution in [0.2, 0.25) is 0 Å². The molecule has 2 heterocycles. The monoisotopic (exact) mass is 291 g/mol. The lowest BCUT2D eigenvalue weighted by Crippen LogP contribution is -2.30. The van der Waals surface area contributed by atoms with Crippen molar-refractivity contribution < 1.29 is 4.79 Å². The Kier molecular flexibility index (Phi) is 4.95. The Bertz CT molecular complexity index is 545. The highest BCUT2D eigenvalue weighted by Gasteiger charge is 2.19. The molecule has 0 aliphatic heterocycles. The van der Waals surface area contributed by atoms with Gasteiger partial charge in [-0.2, -0.15) is 5.10 Å². The molecule has 2 aromatic heterocycles. The standard InChI is InChI=1S/C15H21N3OS/c1-4-6-12(14-7-5-10-20-14)17-15(19)13-8-9-16-18(13)11(2)3/h5,7-12H,4,6H2,1-3H3,(H,17,19)/t12-/m0/s1. The number of hydrogen-bond donors (Lipinski definition) is 1. The van der Waals surface area contributed by atoms with Crippen molar-refractivity contribution in [3.8, 4) is 0 Å². The van der Waals surface area contributed by atoms with Gasteiger partial charge in [-0.25, -0.2) is 0 Å². The second kappa shape index (κ2) is 6.70. The molecule has 1 N–H and O–H groups in total. The molecule has 20 heavy (non-hydrogen) atoms. The molecule has 1 atom stereocenters. The van der Waals surface area contributed by atoms with Crippen molar-refractivity contribution in [2.24, 2.45) is 0 Å². The summed E-state index contributed by atoms with van der Waals surface area (Å²) in [6, 6.07) is 6.13. The number of nitrogens with one attached hydrogen (secondary N) is 1. The molecule has 0 aliphatic carbocycles. The molecule has 2 rings (SSSR count). The molecule has 5 heteroatoms. The van der Waals surface area contributed by atoms with Gasteiger partial charge in [0.25, 0.3) is 5.91 Å². The fraction of sp³-hybridized carbons (Fsp3) is 0.467. The van der Waals surface area contributed by atoms with Crippen LogP contribution in [0, 0.1) is 0 Å². The third kappa shape index (κ3) is 3.28. The molecular weight excluding hydrogens is 270 g/mol.